The van der Waals surface area contributed by atoms with Gasteiger partial charge in [-0.05, 0) is 19.3 Å². The minimum absolute atomic E-state index is 0.0129. The summed E-state index contributed by atoms with van der Waals surface area (Å²) < 4.78 is 20.2. The zero-order chi connectivity index (χ0) is 9.14. The van der Waals surface area contributed by atoms with E-state index in [2.05, 4.69) is 11.4 Å². The fraction of sp³-hybridized carbons (Fsp3) is 1.00. The van der Waals surface area contributed by atoms with Crippen LogP contribution in [0.3, 0.4) is 0 Å². The summed E-state index contributed by atoms with van der Waals surface area (Å²) in [5, 5.41) is 0. The van der Waals surface area contributed by atoms with Crippen molar-refractivity contribution in [1.29, 1.82) is 0 Å². The number of rotatable bonds is 3. The van der Waals surface area contributed by atoms with Crippen molar-refractivity contribution < 1.29 is 18.7 Å². The van der Waals surface area contributed by atoms with Gasteiger partial charge in [0, 0.05) is 4.57 Å². The first kappa shape index (κ1) is 10.1. The Labute approximate surface area is 72.8 Å². The molecule has 5 heteroatoms. The molecule has 0 radical (unpaired) electrons. The Morgan fingerprint density at radius 1 is 1.67 bits per heavy atom. The molecule has 1 rings (SSSR count). The van der Waals surface area contributed by atoms with E-state index in [0.717, 1.165) is 6.42 Å². The largest absolute Gasteiger partial charge is 0.694 e. The van der Waals surface area contributed by atoms with Gasteiger partial charge in [-0.25, -0.2) is 0 Å². The maximum absolute atomic E-state index is 10.2. The Morgan fingerprint density at radius 2 is 2.33 bits per heavy atom. The fourth-order valence-electron chi connectivity index (χ4n) is 1.35. The van der Waals surface area contributed by atoms with Crippen LogP contribution in [0.15, 0.2) is 0 Å². The van der Waals surface area contributed by atoms with Gasteiger partial charge in [-0.2, -0.15) is 0 Å². The Kier molecular flexibility index (Phi) is 3.59. The van der Waals surface area contributed by atoms with Crippen molar-refractivity contribution in [1.82, 2.24) is 0 Å². The van der Waals surface area contributed by atoms with Crippen molar-refractivity contribution in [3.63, 3.8) is 0 Å². The minimum Gasteiger partial charge on any atom is -0.372 e. The molecule has 1 N–H and O–H groups in total. The number of hydrogen-bond acceptors (Lipinski definition) is 3. The Morgan fingerprint density at radius 3 is 2.75 bits per heavy atom. The highest BCUT2D eigenvalue weighted by molar-refractivity contribution is 7.32. The van der Waals surface area contributed by atoms with Gasteiger partial charge < -0.3 is 4.74 Å². The second-order valence-electron chi connectivity index (χ2n) is 3.21. The monoisotopic (exact) mass is 193 g/mol. The van der Waals surface area contributed by atoms with Gasteiger partial charge in [0.1, 0.15) is 6.61 Å². The lowest BCUT2D eigenvalue weighted by molar-refractivity contribution is 0.0204. The van der Waals surface area contributed by atoms with Gasteiger partial charge in [-0.15, -0.1) is 9.42 Å². The third-order valence-corrected chi connectivity index (χ3v) is 2.58. The molecule has 0 aromatic heterocycles. The topological polar surface area (TPSA) is 55.8 Å². The highest BCUT2D eigenvalue weighted by atomic mass is 31.1. The van der Waals surface area contributed by atoms with Crippen LogP contribution in [0.5, 0.6) is 0 Å². The third-order valence-electron chi connectivity index (χ3n) is 2.21. The second-order valence-corrected chi connectivity index (χ2v) is 3.94. The summed E-state index contributed by atoms with van der Waals surface area (Å²) in [6.07, 6.45) is 1.13. The van der Waals surface area contributed by atoms with E-state index < -0.39 is 8.25 Å². The predicted octanol–water partition coefficient (Wildman–Crippen LogP) is 1.47. The molecule has 0 bridgehead atoms. The van der Waals surface area contributed by atoms with Gasteiger partial charge in [-0.3, -0.25) is 0 Å². The molecule has 4 atom stereocenters. The predicted molar refractivity (Wildman–Crippen MR) is 43.9 cm³/mol. The molecule has 1 saturated heterocycles. The summed E-state index contributed by atoms with van der Waals surface area (Å²) in [4.78, 5) is 8.38. The van der Waals surface area contributed by atoms with Crippen molar-refractivity contribution in [3.05, 3.63) is 0 Å². The molecule has 70 valence electrons. The molecule has 1 heterocycles. The Hall–Kier alpha value is -0.0200. The average Bonchev–Trinajstić information content (AvgIpc) is 2.28. The van der Waals surface area contributed by atoms with E-state index in [1.165, 1.54) is 0 Å². The lowest BCUT2D eigenvalue weighted by Crippen LogP contribution is -2.13. The van der Waals surface area contributed by atoms with E-state index in [-0.39, 0.29) is 18.8 Å². The van der Waals surface area contributed by atoms with Crippen LogP contribution in [0.25, 0.3) is 0 Å². The standard InChI is InChI=1S/C7H13O4P/c1-5-3-7(11-6(5)2)4-10-12(8)9/h5-7H,3-4H2,1-2H3/p+1. The number of hydrogen-bond donors (Lipinski definition) is 1. The van der Waals surface area contributed by atoms with Gasteiger partial charge in [0.25, 0.3) is 0 Å². The first-order chi connectivity index (χ1) is 5.59. The molecule has 0 aromatic rings. The maximum atomic E-state index is 10.2. The van der Waals surface area contributed by atoms with Crippen LogP contribution in [0.4, 0.5) is 0 Å². The van der Waals surface area contributed by atoms with Gasteiger partial charge >= 0.3 is 8.25 Å². The van der Waals surface area contributed by atoms with Crippen LogP contribution < -0.4 is 0 Å². The molecule has 0 amide bonds. The lowest BCUT2D eigenvalue weighted by Gasteiger charge is -2.06. The average molecular weight is 193 g/mol. The molecular weight excluding hydrogens is 179 g/mol. The van der Waals surface area contributed by atoms with Crippen LogP contribution >= 0.6 is 8.25 Å². The summed E-state index contributed by atoms with van der Waals surface area (Å²) in [5.41, 5.74) is 0. The molecule has 1 aliphatic heterocycles. The van der Waals surface area contributed by atoms with Gasteiger partial charge in [0.15, 0.2) is 0 Å². The zero-order valence-corrected chi connectivity index (χ0v) is 8.16. The van der Waals surface area contributed by atoms with Crippen molar-refractivity contribution in [2.45, 2.75) is 32.5 Å². The van der Waals surface area contributed by atoms with Gasteiger partial charge in [0.2, 0.25) is 0 Å². The molecule has 4 nitrogen and oxygen atoms in total. The van der Waals surface area contributed by atoms with Crippen molar-refractivity contribution in [2.75, 3.05) is 6.61 Å². The first-order valence-corrected chi connectivity index (χ1v) is 5.17. The van der Waals surface area contributed by atoms with Gasteiger partial charge in [-0.1, -0.05) is 6.92 Å². The highest BCUT2D eigenvalue weighted by Gasteiger charge is 2.31. The van der Waals surface area contributed by atoms with Crippen LogP contribution in [-0.4, -0.2) is 23.7 Å². The summed E-state index contributed by atoms with van der Waals surface area (Å²) in [6.45, 7) is 4.33. The normalized spacial score (nSPS) is 36.9. The Bertz CT molecular complexity index is 163. The van der Waals surface area contributed by atoms with Gasteiger partial charge in [0.05, 0.1) is 12.2 Å². The Balaban J connectivity index is 2.23. The third kappa shape index (κ3) is 2.79. The van der Waals surface area contributed by atoms with E-state index >= 15 is 0 Å². The van der Waals surface area contributed by atoms with E-state index in [9.17, 15) is 4.57 Å². The molecule has 0 aliphatic carbocycles. The van der Waals surface area contributed by atoms with E-state index in [0.29, 0.717) is 5.92 Å². The zero-order valence-electron chi connectivity index (χ0n) is 7.27. The van der Waals surface area contributed by atoms with E-state index in [4.69, 9.17) is 9.63 Å². The fourth-order valence-corrected chi connectivity index (χ4v) is 1.65. The van der Waals surface area contributed by atoms with E-state index in [1.807, 2.05) is 6.92 Å². The lowest BCUT2D eigenvalue weighted by atomic mass is 10.0. The second kappa shape index (κ2) is 4.28. The smallest absolute Gasteiger partial charge is 0.372 e. The molecule has 12 heavy (non-hydrogen) atoms. The van der Waals surface area contributed by atoms with Crippen molar-refractivity contribution in [2.24, 2.45) is 5.92 Å². The summed E-state index contributed by atoms with van der Waals surface area (Å²) in [7, 11) is -2.48. The first-order valence-electron chi connectivity index (χ1n) is 4.04. The summed E-state index contributed by atoms with van der Waals surface area (Å²) >= 11 is 0. The molecule has 1 aliphatic rings. The molecule has 0 spiro atoms. The molecule has 0 saturated carbocycles. The quantitative estimate of drug-likeness (QED) is 0.689. The van der Waals surface area contributed by atoms with Crippen LogP contribution in [0, 0.1) is 5.92 Å². The molecule has 4 unspecified atom stereocenters. The van der Waals surface area contributed by atoms with Crippen LogP contribution in [0.1, 0.15) is 20.3 Å². The van der Waals surface area contributed by atoms with Crippen molar-refractivity contribution >= 4 is 8.25 Å². The van der Waals surface area contributed by atoms with Crippen LogP contribution in [0.2, 0.25) is 0 Å². The maximum Gasteiger partial charge on any atom is 0.694 e. The summed E-state index contributed by atoms with van der Waals surface area (Å²) in [5.74, 6) is 0.509. The minimum atomic E-state index is -2.48. The highest BCUT2D eigenvalue weighted by Crippen LogP contribution is 2.27. The molecule has 0 aromatic carbocycles. The number of ether oxygens (including phenoxy) is 1. The molecular formula is C7H14O4P+. The van der Waals surface area contributed by atoms with Crippen molar-refractivity contribution in [3.8, 4) is 0 Å². The molecule has 1 fully saturated rings. The van der Waals surface area contributed by atoms with E-state index in [1.54, 1.807) is 0 Å². The summed E-state index contributed by atoms with van der Waals surface area (Å²) in [6, 6.07) is 0. The van der Waals surface area contributed by atoms with Crippen LogP contribution in [-0.2, 0) is 13.8 Å². The SMILES string of the molecule is CC1CC(CO[P+](=O)O)OC1C.